The second-order valence-corrected chi connectivity index (χ2v) is 19.7. The van der Waals surface area contributed by atoms with Crippen molar-refractivity contribution in [2.45, 2.75) is 119 Å². The Morgan fingerprint density at radius 2 is 1.53 bits per heavy atom. The number of methoxy groups -OCH3 is 1. The van der Waals surface area contributed by atoms with Crippen LogP contribution in [0.3, 0.4) is 0 Å². The van der Waals surface area contributed by atoms with Crippen LogP contribution in [0.5, 0.6) is 5.75 Å². The van der Waals surface area contributed by atoms with Crippen LogP contribution < -0.4 is 9.64 Å². The van der Waals surface area contributed by atoms with E-state index in [4.69, 9.17) is 14.6 Å². The number of amides is 1. The molecule has 0 bridgehead atoms. The number of benzene rings is 1. The Morgan fingerprint density at radius 3 is 2.23 bits per heavy atom. The molecule has 8 nitrogen and oxygen atoms in total. The Balaban J connectivity index is 1.15. The molecule has 0 aromatic heterocycles. The van der Waals surface area contributed by atoms with Crippen molar-refractivity contribution in [3.8, 4) is 5.75 Å². The quantitative estimate of drug-likeness (QED) is 0.178. The van der Waals surface area contributed by atoms with Crippen molar-refractivity contribution >= 4 is 23.5 Å². The number of para-hydroxylation sites is 2. The van der Waals surface area contributed by atoms with E-state index in [-0.39, 0.29) is 33.2 Å². The molecule has 6 aliphatic rings. The van der Waals surface area contributed by atoms with Crippen LogP contribution in [0.15, 0.2) is 48.1 Å². The number of piperazine rings is 1. The molecule has 4 saturated carbocycles. The van der Waals surface area contributed by atoms with Gasteiger partial charge in [0.2, 0.25) is 5.91 Å². The Bertz CT molecular complexity index is 1690. The van der Waals surface area contributed by atoms with E-state index in [0.717, 1.165) is 108 Å². The summed E-state index contributed by atoms with van der Waals surface area (Å²) < 4.78 is 11.9. The minimum absolute atomic E-state index is 0.00528. The first-order valence-electron chi connectivity index (χ1n) is 20.4. The molecule has 0 radical (unpaired) electrons. The molecule has 5 aliphatic carbocycles. The molecule has 7 rings (SSSR count). The SMILES string of the molecule is COc1ccccc1N1CCN(C(=O)C2(C)CC[C@]3(C)CC[C@]4(C)C(=CCC5[C@@]6(C)C(OC(=O)/C=C\C(=O)O)CCC(C)(C)[C@H]6CC[C@]54C)[C@@H]3C2)CC1. The summed E-state index contributed by atoms with van der Waals surface area (Å²) in [6, 6.07) is 8.16. The number of ether oxygens (including phenoxy) is 2. The second kappa shape index (κ2) is 13.2. The van der Waals surface area contributed by atoms with Gasteiger partial charge in [-0.3, -0.25) is 4.79 Å². The smallest absolute Gasteiger partial charge is 0.331 e. The van der Waals surface area contributed by atoms with Crippen molar-refractivity contribution in [2.24, 2.45) is 50.2 Å². The Morgan fingerprint density at radius 1 is 0.830 bits per heavy atom. The van der Waals surface area contributed by atoms with Gasteiger partial charge in [0.05, 0.1) is 12.8 Å². The molecule has 1 aromatic carbocycles. The third-order valence-electron chi connectivity index (χ3n) is 16.8. The van der Waals surface area contributed by atoms with Crippen molar-refractivity contribution in [1.29, 1.82) is 0 Å². The number of fused-ring (bicyclic) bond motifs is 7. The molecule has 1 saturated heterocycles. The number of hydrogen-bond donors (Lipinski definition) is 1. The summed E-state index contributed by atoms with van der Waals surface area (Å²) in [6.45, 7) is 20.1. The van der Waals surface area contributed by atoms with Gasteiger partial charge in [-0.25, -0.2) is 9.59 Å². The minimum Gasteiger partial charge on any atom is -0.495 e. The molecule has 1 aliphatic heterocycles. The van der Waals surface area contributed by atoms with E-state index in [9.17, 15) is 14.4 Å². The maximum absolute atomic E-state index is 14.6. The van der Waals surface area contributed by atoms with Crippen LogP contribution in [0.25, 0.3) is 0 Å². The molecule has 9 atom stereocenters. The van der Waals surface area contributed by atoms with Crippen molar-refractivity contribution < 1.29 is 29.0 Å². The summed E-state index contributed by atoms with van der Waals surface area (Å²) in [5.74, 6) is 0.588. The van der Waals surface area contributed by atoms with E-state index in [0.29, 0.717) is 23.7 Å². The number of aliphatic carboxylic acids is 1. The van der Waals surface area contributed by atoms with E-state index in [1.165, 1.54) is 6.42 Å². The summed E-state index contributed by atoms with van der Waals surface area (Å²) in [5, 5.41) is 9.17. The predicted octanol–water partition coefficient (Wildman–Crippen LogP) is 8.70. The Kier molecular flexibility index (Phi) is 9.45. The maximum Gasteiger partial charge on any atom is 0.331 e. The van der Waals surface area contributed by atoms with Gasteiger partial charge in [-0.15, -0.1) is 0 Å². The number of carbonyl (C=O) groups is 3. The molecule has 3 unspecified atom stereocenters. The van der Waals surface area contributed by atoms with E-state index in [2.05, 4.69) is 70.4 Å². The minimum atomic E-state index is -1.14. The van der Waals surface area contributed by atoms with Gasteiger partial charge in [0.25, 0.3) is 0 Å². The maximum atomic E-state index is 14.6. The third-order valence-corrected chi connectivity index (χ3v) is 16.8. The zero-order valence-electron chi connectivity index (χ0n) is 33.6. The van der Waals surface area contributed by atoms with Gasteiger partial charge in [0.1, 0.15) is 11.9 Å². The molecule has 1 N–H and O–H groups in total. The normalized spacial score (nSPS) is 40.6. The summed E-state index contributed by atoms with van der Waals surface area (Å²) >= 11 is 0. The van der Waals surface area contributed by atoms with Crippen LogP contribution in [0, 0.1) is 50.2 Å². The zero-order valence-corrected chi connectivity index (χ0v) is 33.6. The molecule has 8 heteroatoms. The number of hydrogen-bond acceptors (Lipinski definition) is 6. The monoisotopic (exact) mass is 728 g/mol. The van der Waals surface area contributed by atoms with Crippen molar-refractivity contribution in [2.75, 3.05) is 38.2 Å². The fraction of sp³-hybridized carbons (Fsp3) is 0.711. The first-order valence-corrected chi connectivity index (χ1v) is 20.4. The van der Waals surface area contributed by atoms with Gasteiger partial charge >= 0.3 is 11.9 Å². The standard InChI is InChI=1S/C45H64N2O6/c1-40(2)19-18-36(53-38(50)16-15-37(48)49)45(7)34(40)17-20-44(6)35(45)14-13-30-31-29-42(4,22-21-41(31,3)23-24-43(30,44)5)39(51)47-27-25-46(26-28-47)32-11-9-10-12-33(32)52-8/h9-13,15-16,31,34-36H,14,17-29H2,1-8H3,(H,48,49)/b16-15-/t31-,34+,35?,36?,41+,42?,43+,44+,45-/m0/s1. The number of esters is 1. The fourth-order valence-corrected chi connectivity index (χ4v) is 13.4. The van der Waals surface area contributed by atoms with Crippen LogP contribution >= 0.6 is 0 Å². The topological polar surface area (TPSA) is 96.4 Å². The lowest BCUT2D eigenvalue weighted by Crippen LogP contribution is -2.66. The molecule has 290 valence electrons. The van der Waals surface area contributed by atoms with Crippen LogP contribution in [-0.2, 0) is 19.1 Å². The molecular weight excluding hydrogens is 665 g/mol. The lowest BCUT2D eigenvalue weighted by atomic mass is 9.33. The zero-order chi connectivity index (χ0) is 38.2. The molecule has 53 heavy (non-hydrogen) atoms. The molecule has 1 amide bonds. The lowest BCUT2D eigenvalue weighted by molar-refractivity contribution is -0.228. The molecule has 1 aromatic rings. The van der Waals surface area contributed by atoms with Crippen LogP contribution in [-0.4, -0.2) is 67.2 Å². The predicted molar refractivity (Wildman–Crippen MR) is 207 cm³/mol. The van der Waals surface area contributed by atoms with Gasteiger partial charge in [-0.2, -0.15) is 0 Å². The van der Waals surface area contributed by atoms with Gasteiger partial charge in [0.15, 0.2) is 0 Å². The largest absolute Gasteiger partial charge is 0.495 e. The highest BCUT2D eigenvalue weighted by Crippen LogP contribution is 2.76. The summed E-state index contributed by atoms with van der Waals surface area (Å²) in [4.78, 5) is 43.3. The summed E-state index contributed by atoms with van der Waals surface area (Å²) in [6.07, 6.45) is 14.5. The number of anilines is 1. The lowest BCUT2D eigenvalue weighted by Gasteiger charge is -2.71. The van der Waals surface area contributed by atoms with E-state index in [1.807, 2.05) is 18.2 Å². The van der Waals surface area contributed by atoms with Gasteiger partial charge in [-0.05, 0) is 116 Å². The highest BCUT2D eigenvalue weighted by atomic mass is 16.5. The van der Waals surface area contributed by atoms with Crippen LogP contribution in [0.1, 0.15) is 113 Å². The molecule has 5 fully saturated rings. The number of rotatable bonds is 6. The first-order chi connectivity index (χ1) is 24.9. The summed E-state index contributed by atoms with van der Waals surface area (Å²) in [7, 11) is 1.72. The Hall–Kier alpha value is -3.29. The van der Waals surface area contributed by atoms with Gasteiger partial charge in [0, 0.05) is 49.2 Å². The number of carboxylic acids is 1. The molecule has 0 spiro atoms. The highest BCUT2D eigenvalue weighted by Gasteiger charge is 2.69. The van der Waals surface area contributed by atoms with Crippen LogP contribution in [0.4, 0.5) is 5.69 Å². The van der Waals surface area contributed by atoms with Crippen molar-refractivity contribution in [3.63, 3.8) is 0 Å². The van der Waals surface area contributed by atoms with E-state index in [1.54, 1.807) is 12.7 Å². The third kappa shape index (κ3) is 5.94. The van der Waals surface area contributed by atoms with Crippen molar-refractivity contribution in [1.82, 2.24) is 4.90 Å². The molecule has 1 heterocycles. The average molecular weight is 729 g/mol. The summed E-state index contributed by atoms with van der Waals surface area (Å²) in [5.41, 5.74) is 2.35. The number of allylic oxidation sites excluding steroid dienone is 2. The average Bonchev–Trinajstić information content (AvgIpc) is 3.12. The molecular formula is C45H64N2O6. The fourth-order valence-electron chi connectivity index (χ4n) is 13.4. The van der Waals surface area contributed by atoms with Crippen molar-refractivity contribution in [3.05, 3.63) is 48.1 Å². The van der Waals surface area contributed by atoms with Gasteiger partial charge in [-0.1, -0.05) is 72.2 Å². The highest BCUT2D eigenvalue weighted by molar-refractivity contribution is 5.90. The van der Waals surface area contributed by atoms with Gasteiger partial charge < -0.3 is 24.4 Å². The van der Waals surface area contributed by atoms with E-state index < -0.39 is 17.4 Å². The number of carbonyl (C=O) groups excluding carboxylic acids is 2. The number of nitrogens with zero attached hydrogens (tertiary/aromatic N) is 2. The van der Waals surface area contributed by atoms with E-state index >= 15 is 0 Å². The Labute approximate surface area is 317 Å². The second-order valence-electron chi connectivity index (χ2n) is 19.7. The van der Waals surface area contributed by atoms with Crippen LogP contribution in [0.2, 0.25) is 0 Å². The number of carboxylic acid groups (broad SMARTS) is 1. The first kappa shape index (κ1) is 38.0.